The van der Waals surface area contributed by atoms with Gasteiger partial charge in [0.25, 0.3) is 0 Å². The summed E-state index contributed by atoms with van der Waals surface area (Å²) in [7, 11) is 1.27. The van der Waals surface area contributed by atoms with Crippen LogP contribution in [0.4, 0.5) is 15.8 Å². The van der Waals surface area contributed by atoms with Crippen molar-refractivity contribution >= 4 is 17.3 Å². The molecule has 2 N–H and O–H groups in total. The second-order valence-corrected chi connectivity index (χ2v) is 5.04. The molecule has 1 fully saturated rings. The maximum Gasteiger partial charge on any atom is 0.340 e. The van der Waals surface area contributed by atoms with E-state index in [-0.39, 0.29) is 23.5 Å². The van der Waals surface area contributed by atoms with E-state index in [0.717, 1.165) is 6.07 Å². The lowest BCUT2D eigenvalue weighted by atomic mass is 10.1. The summed E-state index contributed by atoms with van der Waals surface area (Å²) in [5.74, 6) is -1.02. The van der Waals surface area contributed by atoms with Gasteiger partial charge in [-0.15, -0.1) is 0 Å². The summed E-state index contributed by atoms with van der Waals surface area (Å²) in [6, 6.07) is 2.60. The first-order chi connectivity index (χ1) is 9.42. The Morgan fingerprint density at radius 3 is 2.55 bits per heavy atom. The van der Waals surface area contributed by atoms with Gasteiger partial charge < -0.3 is 20.1 Å². The molecule has 1 aromatic rings. The third kappa shape index (κ3) is 2.85. The summed E-state index contributed by atoms with van der Waals surface area (Å²) in [5, 5.41) is 0. The van der Waals surface area contributed by atoms with Gasteiger partial charge in [-0.3, -0.25) is 0 Å². The Morgan fingerprint density at radius 1 is 1.40 bits per heavy atom. The average Bonchev–Trinajstić information content (AvgIpc) is 2.36. The number of hydrogen-bond donors (Lipinski definition) is 1. The fourth-order valence-electron chi connectivity index (χ4n) is 2.48. The van der Waals surface area contributed by atoms with E-state index in [1.54, 1.807) is 0 Å². The molecule has 0 bridgehead atoms. The highest BCUT2D eigenvalue weighted by Crippen LogP contribution is 2.28. The summed E-state index contributed by atoms with van der Waals surface area (Å²) in [6.45, 7) is 4.98. The minimum absolute atomic E-state index is 0.00252. The molecule has 1 aromatic carbocycles. The van der Waals surface area contributed by atoms with E-state index in [4.69, 9.17) is 10.5 Å². The van der Waals surface area contributed by atoms with Crippen molar-refractivity contribution in [1.82, 2.24) is 0 Å². The van der Waals surface area contributed by atoms with Crippen LogP contribution < -0.4 is 10.6 Å². The highest BCUT2D eigenvalue weighted by molar-refractivity contribution is 5.96. The quantitative estimate of drug-likeness (QED) is 0.662. The van der Waals surface area contributed by atoms with Crippen molar-refractivity contribution in [2.24, 2.45) is 0 Å². The first-order valence-electron chi connectivity index (χ1n) is 6.50. The Bertz CT molecular complexity index is 511. The molecule has 1 aliphatic rings. The minimum Gasteiger partial charge on any atom is -0.465 e. The highest BCUT2D eigenvalue weighted by atomic mass is 19.1. The van der Waals surface area contributed by atoms with Crippen LogP contribution in [-0.4, -0.2) is 38.4 Å². The van der Waals surface area contributed by atoms with Crippen molar-refractivity contribution in [3.63, 3.8) is 0 Å². The number of nitrogens with zero attached hydrogens (tertiary/aromatic N) is 1. The number of hydrogen-bond acceptors (Lipinski definition) is 5. The van der Waals surface area contributed by atoms with Crippen LogP contribution in [0.1, 0.15) is 24.2 Å². The van der Waals surface area contributed by atoms with E-state index in [2.05, 4.69) is 4.74 Å². The molecular weight excluding hydrogens is 263 g/mol. The van der Waals surface area contributed by atoms with Gasteiger partial charge in [-0.05, 0) is 26.0 Å². The van der Waals surface area contributed by atoms with Gasteiger partial charge in [0.05, 0.1) is 30.6 Å². The molecule has 1 saturated heterocycles. The van der Waals surface area contributed by atoms with Crippen molar-refractivity contribution in [3.05, 3.63) is 23.5 Å². The molecule has 6 heteroatoms. The Labute approximate surface area is 117 Å². The molecule has 5 nitrogen and oxygen atoms in total. The monoisotopic (exact) mass is 282 g/mol. The van der Waals surface area contributed by atoms with Gasteiger partial charge in [-0.25, -0.2) is 9.18 Å². The Morgan fingerprint density at radius 2 is 2.00 bits per heavy atom. The first-order valence-corrected chi connectivity index (χ1v) is 6.50. The second kappa shape index (κ2) is 5.66. The van der Waals surface area contributed by atoms with E-state index in [1.165, 1.54) is 13.2 Å². The summed E-state index contributed by atoms with van der Waals surface area (Å²) in [5.41, 5.74) is 6.27. The van der Waals surface area contributed by atoms with Crippen molar-refractivity contribution < 1.29 is 18.7 Å². The number of nitrogens with two attached hydrogens (primary N) is 1. The molecule has 0 unspecified atom stereocenters. The molecule has 1 heterocycles. The SMILES string of the molecule is COC(=O)c1cc(N2C[C@@H](C)O[C@@H](C)C2)c(F)cc1N. The fourth-order valence-corrected chi connectivity index (χ4v) is 2.48. The number of rotatable bonds is 2. The Balaban J connectivity index is 2.38. The highest BCUT2D eigenvalue weighted by Gasteiger charge is 2.26. The third-order valence-electron chi connectivity index (χ3n) is 3.28. The number of morpholine rings is 1. The van der Waals surface area contributed by atoms with Crippen LogP contribution in [0.15, 0.2) is 12.1 Å². The van der Waals surface area contributed by atoms with Crippen molar-refractivity contribution in [3.8, 4) is 0 Å². The van der Waals surface area contributed by atoms with Gasteiger partial charge in [0, 0.05) is 18.8 Å². The van der Waals surface area contributed by atoms with E-state index in [9.17, 15) is 9.18 Å². The number of methoxy groups -OCH3 is 1. The third-order valence-corrected chi connectivity index (χ3v) is 3.28. The van der Waals surface area contributed by atoms with Gasteiger partial charge in [-0.2, -0.15) is 0 Å². The molecule has 2 rings (SSSR count). The van der Waals surface area contributed by atoms with E-state index >= 15 is 0 Å². The van der Waals surface area contributed by atoms with E-state index < -0.39 is 11.8 Å². The predicted molar refractivity (Wildman–Crippen MR) is 74.4 cm³/mol. The molecule has 0 spiro atoms. The number of anilines is 2. The summed E-state index contributed by atoms with van der Waals surface area (Å²) >= 11 is 0. The topological polar surface area (TPSA) is 64.8 Å². The van der Waals surface area contributed by atoms with Crippen LogP contribution >= 0.6 is 0 Å². The van der Waals surface area contributed by atoms with Crippen molar-refractivity contribution in [2.75, 3.05) is 30.8 Å². The zero-order valence-corrected chi connectivity index (χ0v) is 11.9. The molecule has 0 radical (unpaired) electrons. The number of carbonyl (C=O) groups excluding carboxylic acids is 1. The summed E-state index contributed by atoms with van der Waals surface area (Å²) in [6.07, 6.45) is -0.00504. The van der Waals surface area contributed by atoms with Crippen LogP contribution in [-0.2, 0) is 9.47 Å². The minimum atomic E-state index is -0.571. The molecule has 0 aromatic heterocycles. The summed E-state index contributed by atoms with van der Waals surface area (Å²) < 4.78 is 24.4. The van der Waals surface area contributed by atoms with E-state index in [1.807, 2.05) is 18.7 Å². The number of halogens is 1. The predicted octanol–water partition coefficient (Wildman–Crippen LogP) is 1.81. The smallest absolute Gasteiger partial charge is 0.340 e. The normalized spacial score (nSPS) is 22.7. The Hall–Kier alpha value is -1.82. The van der Waals surface area contributed by atoms with Gasteiger partial charge in [0.2, 0.25) is 0 Å². The number of benzene rings is 1. The molecule has 0 aliphatic carbocycles. The van der Waals surface area contributed by atoms with Crippen molar-refractivity contribution in [2.45, 2.75) is 26.1 Å². The lowest BCUT2D eigenvalue weighted by molar-refractivity contribution is -0.00539. The molecule has 20 heavy (non-hydrogen) atoms. The molecular formula is C14H19FN2O3. The number of esters is 1. The van der Waals surface area contributed by atoms with Crippen LogP contribution in [0.5, 0.6) is 0 Å². The molecule has 0 amide bonds. The maximum absolute atomic E-state index is 14.1. The molecule has 0 saturated carbocycles. The first kappa shape index (κ1) is 14.6. The molecule has 1 aliphatic heterocycles. The number of carbonyl (C=O) groups is 1. The van der Waals surface area contributed by atoms with Crippen LogP contribution in [0.25, 0.3) is 0 Å². The average molecular weight is 282 g/mol. The zero-order valence-electron chi connectivity index (χ0n) is 11.9. The largest absolute Gasteiger partial charge is 0.465 e. The fraction of sp³-hybridized carbons (Fsp3) is 0.500. The number of nitrogen functional groups attached to an aromatic ring is 1. The molecule has 110 valence electrons. The van der Waals surface area contributed by atoms with Crippen LogP contribution in [0.3, 0.4) is 0 Å². The lowest BCUT2D eigenvalue weighted by Crippen LogP contribution is -2.45. The van der Waals surface area contributed by atoms with Gasteiger partial charge in [-0.1, -0.05) is 0 Å². The maximum atomic E-state index is 14.1. The summed E-state index contributed by atoms with van der Waals surface area (Å²) in [4.78, 5) is 13.5. The van der Waals surface area contributed by atoms with Gasteiger partial charge >= 0.3 is 5.97 Å². The Kier molecular flexibility index (Phi) is 4.13. The van der Waals surface area contributed by atoms with Crippen LogP contribution in [0.2, 0.25) is 0 Å². The van der Waals surface area contributed by atoms with Crippen LogP contribution in [0, 0.1) is 5.82 Å². The van der Waals surface area contributed by atoms with E-state index in [0.29, 0.717) is 18.8 Å². The van der Waals surface area contributed by atoms with Gasteiger partial charge in [0.1, 0.15) is 5.82 Å². The zero-order chi connectivity index (χ0) is 14.9. The number of ether oxygens (including phenoxy) is 2. The van der Waals surface area contributed by atoms with Crippen molar-refractivity contribution in [1.29, 1.82) is 0 Å². The standard InChI is InChI=1S/C14H19FN2O3/c1-8-6-17(7-9(2)20-8)13-4-10(14(18)19-3)12(16)5-11(13)15/h4-5,8-9H,6-7,16H2,1-3H3/t8-,9+. The lowest BCUT2D eigenvalue weighted by Gasteiger charge is -2.37. The second-order valence-electron chi connectivity index (χ2n) is 5.04. The van der Waals surface area contributed by atoms with Gasteiger partial charge in [0.15, 0.2) is 0 Å². The molecule has 2 atom stereocenters.